The minimum absolute atomic E-state index is 0.0993. The van der Waals surface area contributed by atoms with Crippen molar-refractivity contribution in [1.82, 2.24) is 5.32 Å². The third kappa shape index (κ3) is 3.89. The quantitative estimate of drug-likeness (QED) is 0.676. The molecule has 2 rings (SSSR count). The third-order valence-electron chi connectivity index (χ3n) is 3.76. The van der Waals surface area contributed by atoms with Crippen molar-refractivity contribution in [3.8, 4) is 0 Å². The van der Waals surface area contributed by atoms with E-state index in [0.29, 0.717) is 5.25 Å². The molecule has 5 nitrogen and oxygen atoms in total. The molecule has 0 aromatic heterocycles. The molecule has 21 heavy (non-hydrogen) atoms. The Morgan fingerprint density at radius 1 is 1.38 bits per heavy atom. The van der Waals surface area contributed by atoms with Gasteiger partial charge in [-0.3, -0.25) is 14.9 Å². The van der Waals surface area contributed by atoms with Crippen LogP contribution in [0, 0.1) is 10.1 Å². The molecule has 0 radical (unpaired) electrons. The zero-order valence-electron chi connectivity index (χ0n) is 11.7. The molecular weight excluding hydrogens is 312 g/mol. The molecule has 0 unspecified atom stereocenters. The van der Waals surface area contributed by atoms with E-state index in [4.69, 9.17) is 11.6 Å². The molecule has 0 saturated heterocycles. The van der Waals surface area contributed by atoms with Crippen molar-refractivity contribution in [3.05, 3.63) is 38.9 Å². The van der Waals surface area contributed by atoms with Crippen molar-refractivity contribution >= 4 is 35.0 Å². The van der Waals surface area contributed by atoms with E-state index < -0.39 is 4.92 Å². The summed E-state index contributed by atoms with van der Waals surface area (Å²) in [5, 5.41) is 14.3. The van der Waals surface area contributed by atoms with Gasteiger partial charge >= 0.3 is 0 Å². The first-order valence-corrected chi connectivity index (χ1v) is 8.46. The Balaban J connectivity index is 2.04. The van der Waals surface area contributed by atoms with Crippen molar-refractivity contribution in [3.63, 3.8) is 0 Å². The molecule has 1 saturated carbocycles. The topological polar surface area (TPSA) is 72.2 Å². The summed E-state index contributed by atoms with van der Waals surface area (Å²) in [6.07, 6.45) is 6.13. The van der Waals surface area contributed by atoms with Gasteiger partial charge < -0.3 is 5.32 Å². The number of amides is 1. The number of rotatable bonds is 4. The number of benzene rings is 1. The van der Waals surface area contributed by atoms with Crippen LogP contribution in [0.4, 0.5) is 5.69 Å². The van der Waals surface area contributed by atoms with Crippen LogP contribution in [-0.2, 0) is 0 Å². The number of thioether (sulfide) groups is 1. The Hall–Kier alpha value is -1.27. The van der Waals surface area contributed by atoms with E-state index in [1.54, 1.807) is 0 Å². The third-order valence-corrected chi connectivity index (χ3v) is 5.30. The highest BCUT2D eigenvalue weighted by atomic mass is 35.5. The lowest BCUT2D eigenvalue weighted by Crippen LogP contribution is -2.38. The van der Waals surface area contributed by atoms with Gasteiger partial charge in [-0.25, -0.2) is 0 Å². The van der Waals surface area contributed by atoms with E-state index in [2.05, 4.69) is 11.6 Å². The second-order valence-corrected chi connectivity index (χ2v) is 6.59. The predicted molar refractivity (Wildman–Crippen MR) is 85.1 cm³/mol. The van der Waals surface area contributed by atoms with Gasteiger partial charge in [-0.05, 0) is 38.0 Å². The van der Waals surface area contributed by atoms with Gasteiger partial charge in [0.2, 0.25) is 0 Å². The van der Waals surface area contributed by atoms with Gasteiger partial charge in [-0.2, -0.15) is 11.8 Å². The van der Waals surface area contributed by atoms with Gasteiger partial charge in [-0.15, -0.1) is 0 Å². The number of nitrogens with one attached hydrogen (secondary N) is 1. The van der Waals surface area contributed by atoms with E-state index >= 15 is 0 Å². The second-order valence-electron chi connectivity index (χ2n) is 5.08. The number of hydrogen-bond donors (Lipinski definition) is 1. The molecular formula is C14H17ClN2O3S. The molecule has 1 fully saturated rings. The summed E-state index contributed by atoms with van der Waals surface area (Å²) in [5.41, 5.74) is -0.0757. The fourth-order valence-corrected chi connectivity index (χ4v) is 3.57. The van der Waals surface area contributed by atoms with Crippen LogP contribution in [0.5, 0.6) is 0 Å². The number of carbonyl (C=O) groups excluding carboxylic acids is 1. The van der Waals surface area contributed by atoms with E-state index in [1.807, 2.05) is 11.8 Å². The highest BCUT2D eigenvalue weighted by molar-refractivity contribution is 7.99. The number of halogens is 1. The normalized spacial score (nSPS) is 21.8. The number of hydrogen-bond acceptors (Lipinski definition) is 4. The van der Waals surface area contributed by atoms with Crippen molar-refractivity contribution in [2.24, 2.45) is 0 Å². The second kappa shape index (κ2) is 7.13. The summed E-state index contributed by atoms with van der Waals surface area (Å²) < 4.78 is 0. The van der Waals surface area contributed by atoms with Crippen LogP contribution in [0.3, 0.4) is 0 Å². The Morgan fingerprint density at radius 3 is 2.62 bits per heavy atom. The molecule has 7 heteroatoms. The van der Waals surface area contributed by atoms with E-state index in [-0.39, 0.29) is 28.2 Å². The molecule has 0 heterocycles. The number of nitro benzene ring substituents is 1. The summed E-state index contributed by atoms with van der Waals surface area (Å²) in [4.78, 5) is 22.5. The minimum atomic E-state index is -0.581. The van der Waals surface area contributed by atoms with Gasteiger partial charge in [-0.1, -0.05) is 17.7 Å². The lowest BCUT2D eigenvalue weighted by Gasteiger charge is -2.28. The average molecular weight is 329 g/mol. The summed E-state index contributed by atoms with van der Waals surface area (Å²) in [5.74, 6) is -0.337. The van der Waals surface area contributed by atoms with Crippen molar-refractivity contribution < 1.29 is 9.72 Å². The molecule has 1 aliphatic carbocycles. The fraction of sp³-hybridized carbons (Fsp3) is 0.500. The predicted octanol–water partition coefficient (Wildman–Crippen LogP) is 3.65. The van der Waals surface area contributed by atoms with Crippen LogP contribution in [-0.4, -0.2) is 28.4 Å². The summed E-state index contributed by atoms with van der Waals surface area (Å²) >= 11 is 7.82. The molecule has 0 atom stereocenters. The van der Waals surface area contributed by atoms with Crippen LogP contribution in [0.1, 0.15) is 36.0 Å². The average Bonchev–Trinajstić information content (AvgIpc) is 2.47. The molecule has 0 bridgehead atoms. The smallest absolute Gasteiger partial charge is 0.288 e. The molecule has 1 aromatic rings. The first kappa shape index (κ1) is 16.1. The van der Waals surface area contributed by atoms with E-state index in [9.17, 15) is 14.9 Å². The standard InChI is InChI=1S/C14H17ClN2O3S/c1-21-10-7-5-9(6-8-10)16-14(18)11-3-2-4-12(13(11)15)17(19)20/h2-4,9-10H,5-8H2,1H3,(H,16,18). The van der Waals surface area contributed by atoms with Gasteiger partial charge in [0.1, 0.15) is 5.02 Å². The number of nitro groups is 1. The maximum Gasteiger partial charge on any atom is 0.288 e. The SMILES string of the molecule is CSC1CCC(NC(=O)c2cccc([N+](=O)[O-])c2Cl)CC1. The monoisotopic (exact) mass is 328 g/mol. The number of nitrogens with zero attached hydrogens (tertiary/aromatic N) is 1. The fourth-order valence-electron chi connectivity index (χ4n) is 2.54. The van der Waals surface area contributed by atoms with Gasteiger partial charge in [0.15, 0.2) is 0 Å². The largest absolute Gasteiger partial charge is 0.349 e. The van der Waals surface area contributed by atoms with E-state index in [1.165, 1.54) is 18.2 Å². The number of carbonyl (C=O) groups is 1. The first-order chi connectivity index (χ1) is 10.0. The Labute approximate surface area is 132 Å². The van der Waals surface area contributed by atoms with Crippen LogP contribution in [0.25, 0.3) is 0 Å². The summed E-state index contributed by atoms with van der Waals surface area (Å²) in [6.45, 7) is 0. The maximum atomic E-state index is 12.2. The zero-order valence-corrected chi connectivity index (χ0v) is 13.2. The molecule has 1 aliphatic rings. The van der Waals surface area contributed by atoms with Crippen LogP contribution in [0.15, 0.2) is 18.2 Å². The van der Waals surface area contributed by atoms with Crippen LogP contribution >= 0.6 is 23.4 Å². The summed E-state index contributed by atoms with van der Waals surface area (Å²) in [7, 11) is 0. The lowest BCUT2D eigenvalue weighted by molar-refractivity contribution is -0.384. The van der Waals surface area contributed by atoms with Gasteiger partial charge in [0.25, 0.3) is 11.6 Å². The Bertz CT molecular complexity index is 545. The maximum absolute atomic E-state index is 12.2. The molecule has 1 N–H and O–H groups in total. The van der Waals surface area contributed by atoms with Crippen molar-refractivity contribution in [2.45, 2.75) is 37.0 Å². The zero-order chi connectivity index (χ0) is 15.4. The highest BCUT2D eigenvalue weighted by Crippen LogP contribution is 2.29. The molecule has 114 valence electrons. The molecule has 1 aromatic carbocycles. The van der Waals surface area contributed by atoms with Crippen LogP contribution < -0.4 is 5.32 Å². The molecule has 0 spiro atoms. The first-order valence-electron chi connectivity index (χ1n) is 6.79. The Kier molecular flexibility index (Phi) is 5.47. The molecule has 1 amide bonds. The Morgan fingerprint density at radius 2 is 2.05 bits per heavy atom. The van der Waals surface area contributed by atoms with Crippen molar-refractivity contribution in [2.75, 3.05) is 6.26 Å². The van der Waals surface area contributed by atoms with Gasteiger partial charge in [0.05, 0.1) is 10.5 Å². The minimum Gasteiger partial charge on any atom is -0.349 e. The van der Waals surface area contributed by atoms with Crippen molar-refractivity contribution in [1.29, 1.82) is 0 Å². The summed E-state index contributed by atoms with van der Waals surface area (Å²) in [6, 6.07) is 4.40. The molecule has 0 aliphatic heterocycles. The lowest BCUT2D eigenvalue weighted by atomic mass is 9.94. The van der Waals surface area contributed by atoms with Crippen LogP contribution in [0.2, 0.25) is 5.02 Å². The van der Waals surface area contributed by atoms with Gasteiger partial charge in [0, 0.05) is 17.4 Å². The highest BCUT2D eigenvalue weighted by Gasteiger charge is 2.25. The van der Waals surface area contributed by atoms with E-state index in [0.717, 1.165) is 25.7 Å².